The average Bonchev–Trinajstić information content (AvgIpc) is 2.84. The summed E-state index contributed by atoms with van der Waals surface area (Å²) in [6.45, 7) is 5.29. The van der Waals surface area contributed by atoms with Crippen LogP contribution in [0.25, 0.3) is 10.4 Å². The summed E-state index contributed by atoms with van der Waals surface area (Å²) in [6.07, 6.45) is 1.11. The molecule has 0 saturated heterocycles. The number of nitrogens with one attached hydrogen (secondary N) is 1. The van der Waals surface area contributed by atoms with Crippen LogP contribution in [0, 0.1) is 5.82 Å². The zero-order valence-corrected chi connectivity index (χ0v) is 12.6. The van der Waals surface area contributed by atoms with Gasteiger partial charge in [0.2, 0.25) is 0 Å². The van der Waals surface area contributed by atoms with Crippen molar-refractivity contribution < 1.29 is 4.39 Å². The van der Waals surface area contributed by atoms with Gasteiger partial charge in [0, 0.05) is 20.8 Å². The van der Waals surface area contributed by atoms with Gasteiger partial charge in [-0.3, -0.25) is 0 Å². The van der Waals surface area contributed by atoms with Gasteiger partial charge in [0.25, 0.3) is 0 Å². The van der Waals surface area contributed by atoms with Gasteiger partial charge in [-0.25, -0.2) is 4.39 Å². The van der Waals surface area contributed by atoms with E-state index >= 15 is 0 Å². The van der Waals surface area contributed by atoms with Gasteiger partial charge in [0.05, 0.1) is 0 Å². The molecule has 0 amide bonds. The van der Waals surface area contributed by atoms with Crippen molar-refractivity contribution in [2.24, 2.45) is 0 Å². The maximum absolute atomic E-state index is 13.4. The second-order valence-electron chi connectivity index (χ2n) is 4.54. The van der Waals surface area contributed by atoms with Crippen LogP contribution in [0.2, 0.25) is 5.02 Å². The average molecular weight is 298 g/mol. The number of thiophene rings is 1. The highest BCUT2D eigenvalue weighted by atomic mass is 35.5. The summed E-state index contributed by atoms with van der Waals surface area (Å²) in [6, 6.07) is 9.07. The fraction of sp³-hybridized carbons (Fsp3) is 0.333. The van der Waals surface area contributed by atoms with Crippen LogP contribution in [0.5, 0.6) is 0 Å². The Hall–Kier alpha value is -0.900. The van der Waals surface area contributed by atoms with E-state index in [1.807, 2.05) is 6.07 Å². The number of hydrogen-bond donors (Lipinski definition) is 1. The molecule has 0 saturated carbocycles. The van der Waals surface area contributed by atoms with Crippen LogP contribution in [0.1, 0.15) is 31.2 Å². The summed E-state index contributed by atoms with van der Waals surface area (Å²) < 4.78 is 13.4. The lowest BCUT2D eigenvalue weighted by Crippen LogP contribution is -2.18. The zero-order chi connectivity index (χ0) is 13.8. The summed E-state index contributed by atoms with van der Waals surface area (Å²) >= 11 is 7.56. The van der Waals surface area contributed by atoms with Gasteiger partial charge < -0.3 is 5.32 Å². The second-order valence-corrected chi connectivity index (χ2v) is 6.09. The van der Waals surface area contributed by atoms with Crippen molar-refractivity contribution >= 4 is 22.9 Å². The molecule has 1 atom stereocenters. The Kier molecular flexibility index (Phi) is 4.97. The maximum Gasteiger partial charge on any atom is 0.125 e. The van der Waals surface area contributed by atoms with Crippen LogP contribution in [-0.2, 0) is 0 Å². The van der Waals surface area contributed by atoms with Crippen LogP contribution in [0.15, 0.2) is 30.3 Å². The lowest BCUT2D eigenvalue weighted by Gasteiger charge is -2.10. The molecule has 2 rings (SSSR count). The zero-order valence-electron chi connectivity index (χ0n) is 11.0. The van der Waals surface area contributed by atoms with Gasteiger partial charge >= 0.3 is 0 Å². The maximum atomic E-state index is 13.4. The highest BCUT2D eigenvalue weighted by molar-refractivity contribution is 7.15. The molecule has 0 bridgehead atoms. The molecule has 2 aromatic rings. The number of halogens is 2. The van der Waals surface area contributed by atoms with E-state index in [9.17, 15) is 4.39 Å². The van der Waals surface area contributed by atoms with Crippen LogP contribution in [0.3, 0.4) is 0 Å². The van der Waals surface area contributed by atoms with Crippen LogP contribution < -0.4 is 5.32 Å². The fourth-order valence-corrected chi connectivity index (χ4v) is 3.14. The van der Waals surface area contributed by atoms with Crippen molar-refractivity contribution in [2.75, 3.05) is 6.54 Å². The second kappa shape index (κ2) is 6.51. The van der Waals surface area contributed by atoms with Crippen LogP contribution in [-0.4, -0.2) is 6.54 Å². The molecule has 0 aliphatic rings. The van der Waals surface area contributed by atoms with E-state index in [0.717, 1.165) is 23.4 Å². The topological polar surface area (TPSA) is 12.0 Å². The Morgan fingerprint density at radius 3 is 2.79 bits per heavy atom. The smallest absolute Gasteiger partial charge is 0.125 e. The molecule has 4 heteroatoms. The summed E-state index contributed by atoms with van der Waals surface area (Å²) in [5.41, 5.74) is 0.837. The number of hydrogen-bond acceptors (Lipinski definition) is 2. The van der Waals surface area contributed by atoms with E-state index in [1.165, 1.54) is 17.0 Å². The molecule has 19 heavy (non-hydrogen) atoms. The Bertz CT molecular complexity index is 533. The standard InChI is InChI=1S/C15H17ClFNS/c1-3-6-18-10(2)14-4-5-15(19-14)11-7-12(16)9-13(17)8-11/h4-5,7-10,18H,3,6H2,1-2H3. The van der Waals surface area contributed by atoms with Crippen molar-refractivity contribution in [3.05, 3.63) is 46.0 Å². The van der Waals surface area contributed by atoms with Gasteiger partial charge in [0.1, 0.15) is 5.82 Å². The summed E-state index contributed by atoms with van der Waals surface area (Å²) in [4.78, 5) is 2.30. The minimum Gasteiger partial charge on any atom is -0.309 e. The van der Waals surface area contributed by atoms with Gasteiger partial charge in [-0.2, -0.15) is 0 Å². The molecule has 1 nitrogen and oxygen atoms in total. The lowest BCUT2D eigenvalue weighted by molar-refractivity contribution is 0.578. The molecule has 102 valence electrons. The predicted octanol–water partition coefficient (Wildman–Crippen LogP) is 5.27. The van der Waals surface area contributed by atoms with Crippen molar-refractivity contribution in [2.45, 2.75) is 26.3 Å². The van der Waals surface area contributed by atoms with Gasteiger partial charge in [-0.05, 0) is 55.8 Å². The van der Waals surface area contributed by atoms with Gasteiger partial charge in [0.15, 0.2) is 0 Å². The summed E-state index contributed by atoms with van der Waals surface area (Å²) in [7, 11) is 0. The predicted molar refractivity (Wildman–Crippen MR) is 81.4 cm³/mol. The fourth-order valence-electron chi connectivity index (χ4n) is 1.90. The van der Waals surface area contributed by atoms with Crippen molar-refractivity contribution in [1.82, 2.24) is 5.32 Å². The highest BCUT2D eigenvalue weighted by Gasteiger charge is 2.10. The first-order valence-corrected chi connectivity index (χ1v) is 7.59. The van der Waals surface area contributed by atoms with Gasteiger partial charge in [-0.15, -0.1) is 11.3 Å². The molecule has 1 aromatic heterocycles. The third-order valence-corrected chi connectivity index (χ3v) is 4.44. The molecular formula is C15H17ClFNS. The van der Waals surface area contributed by atoms with Crippen molar-refractivity contribution in [3.63, 3.8) is 0 Å². The normalized spacial score (nSPS) is 12.6. The Morgan fingerprint density at radius 2 is 2.11 bits per heavy atom. The van der Waals surface area contributed by atoms with E-state index in [4.69, 9.17) is 11.6 Å². The van der Waals surface area contributed by atoms with E-state index < -0.39 is 0 Å². The minimum atomic E-state index is -0.297. The molecule has 0 fully saturated rings. The van der Waals surface area contributed by atoms with Crippen LogP contribution >= 0.6 is 22.9 Å². The molecule has 0 aliphatic heterocycles. The third-order valence-electron chi connectivity index (χ3n) is 2.90. The monoisotopic (exact) mass is 297 g/mol. The SMILES string of the molecule is CCCNC(C)c1ccc(-c2cc(F)cc(Cl)c2)s1. The van der Waals surface area contributed by atoms with Crippen molar-refractivity contribution in [1.29, 1.82) is 0 Å². The Balaban J connectivity index is 2.20. The first-order valence-electron chi connectivity index (χ1n) is 6.39. The largest absolute Gasteiger partial charge is 0.309 e. The minimum absolute atomic E-state index is 0.297. The molecule has 1 N–H and O–H groups in total. The molecule has 0 spiro atoms. The molecule has 1 heterocycles. The van der Waals surface area contributed by atoms with E-state index in [2.05, 4.69) is 25.2 Å². The molecule has 1 unspecified atom stereocenters. The quantitative estimate of drug-likeness (QED) is 0.793. The summed E-state index contributed by atoms with van der Waals surface area (Å²) in [5, 5.41) is 3.88. The molecular weight excluding hydrogens is 281 g/mol. The lowest BCUT2D eigenvalue weighted by atomic mass is 10.2. The number of rotatable bonds is 5. The molecule has 1 aromatic carbocycles. The summed E-state index contributed by atoms with van der Waals surface area (Å²) in [5.74, 6) is -0.297. The molecule has 0 radical (unpaired) electrons. The first kappa shape index (κ1) is 14.5. The number of benzene rings is 1. The first-order chi connectivity index (χ1) is 9.10. The van der Waals surface area contributed by atoms with E-state index in [1.54, 1.807) is 17.4 Å². The molecule has 0 aliphatic carbocycles. The van der Waals surface area contributed by atoms with E-state index in [0.29, 0.717) is 11.1 Å². The third kappa shape index (κ3) is 3.78. The van der Waals surface area contributed by atoms with Crippen molar-refractivity contribution in [3.8, 4) is 10.4 Å². The highest BCUT2D eigenvalue weighted by Crippen LogP contribution is 2.33. The van der Waals surface area contributed by atoms with E-state index in [-0.39, 0.29) is 5.82 Å². The van der Waals surface area contributed by atoms with Gasteiger partial charge in [-0.1, -0.05) is 18.5 Å². The Morgan fingerprint density at radius 1 is 1.32 bits per heavy atom. The van der Waals surface area contributed by atoms with Crippen LogP contribution in [0.4, 0.5) is 4.39 Å². The Labute approximate surface area is 122 Å².